The molecule has 2 amide bonds. The first-order valence-corrected chi connectivity index (χ1v) is 11.1. The average molecular weight is 462 g/mol. The highest BCUT2D eigenvalue weighted by molar-refractivity contribution is 6.36. The number of likely N-dealkylation sites (tertiary alicyclic amines) is 1. The molecule has 0 saturated carbocycles. The van der Waals surface area contributed by atoms with Crippen LogP contribution in [0.3, 0.4) is 0 Å². The van der Waals surface area contributed by atoms with Crippen molar-refractivity contribution in [2.24, 2.45) is 11.7 Å². The standard InChI is InChI=1S/C22H25Cl2N5O2/c1-3-18(30)28-8-5-13(6-9-28)17-4-7-26-22-19(21(25)31)20(27-29(17)22)14-10-15(23)12(2)16(24)11-14/h3,10-11,13,17,26H,1,4-9H2,2H3,(H2,25,31). The molecule has 1 aromatic heterocycles. The molecule has 0 radical (unpaired) electrons. The Morgan fingerprint density at radius 3 is 2.45 bits per heavy atom. The first-order valence-electron chi connectivity index (χ1n) is 10.3. The van der Waals surface area contributed by atoms with E-state index < -0.39 is 5.91 Å². The van der Waals surface area contributed by atoms with Crippen LogP contribution in [0.1, 0.15) is 41.2 Å². The largest absolute Gasteiger partial charge is 0.370 e. The van der Waals surface area contributed by atoms with E-state index in [4.69, 9.17) is 34.0 Å². The number of carbonyl (C=O) groups excluding carboxylic acids is 2. The minimum atomic E-state index is -0.552. The Morgan fingerprint density at radius 2 is 1.87 bits per heavy atom. The number of nitrogens with two attached hydrogens (primary N) is 1. The summed E-state index contributed by atoms with van der Waals surface area (Å²) in [5, 5.41) is 9.14. The van der Waals surface area contributed by atoms with Crippen LogP contribution in [0.5, 0.6) is 0 Å². The minimum absolute atomic E-state index is 0.0324. The number of hydrogen-bond acceptors (Lipinski definition) is 4. The summed E-state index contributed by atoms with van der Waals surface area (Å²) in [5.74, 6) is 0.392. The van der Waals surface area contributed by atoms with E-state index in [2.05, 4.69) is 11.9 Å². The Bertz CT molecular complexity index is 1030. The van der Waals surface area contributed by atoms with Gasteiger partial charge in [-0.3, -0.25) is 9.59 Å². The Labute approximate surface area is 191 Å². The predicted octanol–water partition coefficient (Wildman–Crippen LogP) is 4.05. The smallest absolute Gasteiger partial charge is 0.254 e. The normalized spacial score (nSPS) is 18.9. The Morgan fingerprint density at radius 1 is 1.23 bits per heavy atom. The van der Waals surface area contributed by atoms with E-state index >= 15 is 0 Å². The molecule has 0 aliphatic carbocycles. The van der Waals surface area contributed by atoms with Gasteiger partial charge in [0.2, 0.25) is 5.91 Å². The topological polar surface area (TPSA) is 93.2 Å². The number of nitrogens with one attached hydrogen (secondary N) is 1. The van der Waals surface area contributed by atoms with Gasteiger partial charge >= 0.3 is 0 Å². The zero-order valence-corrected chi connectivity index (χ0v) is 18.8. The van der Waals surface area contributed by atoms with Gasteiger partial charge in [-0.15, -0.1) is 0 Å². The van der Waals surface area contributed by atoms with Gasteiger partial charge < -0.3 is 16.0 Å². The van der Waals surface area contributed by atoms with Gasteiger partial charge in [0, 0.05) is 35.2 Å². The van der Waals surface area contributed by atoms with Crippen LogP contribution in [0.25, 0.3) is 11.3 Å². The average Bonchev–Trinajstić information content (AvgIpc) is 3.16. The zero-order chi connectivity index (χ0) is 22.3. The lowest BCUT2D eigenvalue weighted by Crippen LogP contribution is -2.41. The van der Waals surface area contributed by atoms with Crippen LogP contribution < -0.4 is 11.1 Å². The number of hydrogen-bond donors (Lipinski definition) is 2. The quantitative estimate of drug-likeness (QED) is 0.671. The molecule has 3 heterocycles. The monoisotopic (exact) mass is 461 g/mol. The molecule has 0 spiro atoms. The molecule has 1 saturated heterocycles. The van der Waals surface area contributed by atoms with E-state index in [9.17, 15) is 9.59 Å². The molecule has 1 unspecified atom stereocenters. The SMILES string of the molecule is C=CC(=O)N1CCC(C2CCNc3c(C(N)=O)c(-c4cc(Cl)c(C)c(Cl)c4)nn32)CC1. The van der Waals surface area contributed by atoms with Gasteiger partial charge in [0.25, 0.3) is 5.91 Å². The number of benzene rings is 1. The molecule has 2 aliphatic rings. The number of anilines is 1. The Balaban J connectivity index is 1.71. The Hall–Kier alpha value is -2.51. The molecular formula is C22H25Cl2N5O2. The van der Waals surface area contributed by atoms with E-state index in [0.717, 1.165) is 31.4 Å². The van der Waals surface area contributed by atoms with Crippen molar-refractivity contribution in [1.29, 1.82) is 0 Å². The second kappa shape index (κ2) is 8.55. The third kappa shape index (κ3) is 3.92. The highest BCUT2D eigenvalue weighted by Gasteiger charge is 2.35. The van der Waals surface area contributed by atoms with Crippen molar-refractivity contribution < 1.29 is 9.59 Å². The fourth-order valence-corrected chi connectivity index (χ4v) is 5.08. The molecule has 1 aromatic carbocycles. The molecule has 31 heavy (non-hydrogen) atoms. The van der Waals surface area contributed by atoms with Gasteiger partial charge in [0.05, 0.1) is 6.04 Å². The lowest BCUT2D eigenvalue weighted by molar-refractivity contribution is -0.127. The van der Waals surface area contributed by atoms with Crippen LogP contribution >= 0.6 is 23.2 Å². The molecule has 164 valence electrons. The molecule has 2 aromatic rings. The highest BCUT2D eigenvalue weighted by atomic mass is 35.5. The lowest BCUT2D eigenvalue weighted by Gasteiger charge is -2.38. The second-order valence-electron chi connectivity index (χ2n) is 8.10. The molecule has 0 bridgehead atoms. The maximum atomic E-state index is 12.4. The number of nitrogens with zero attached hydrogens (tertiary/aromatic N) is 3. The predicted molar refractivity (Wildman–Crippen MR) is 123 cm³/mol. The maximum Gasteiger partial charge on any atom is 0.254 e. The van der Waals surface area contributed by atoms with Gasteiger partial charge in [-0.1, -0.05) is 29.8 Å². The molecule has 7 nitrogen and oxygen atoms in total. The van der Waals surface area contributed by atoms with Crippen LogP contribution in [0.15, 0.2) is 24.8 Å². The molecule has 4 rings (SSSR count). The number of fused-ring (bicyclic) bond motifs is 1. The first-order chi connectivity index (χ1) is 14.8. The van der Waals surface area contributed by atoms with Crippen molar-refractivity contribution in [1.82, 2.24) is 14.7 Å². The number of halogens is 2. The van der Waals surface area contributed by atoms with E-state index in [1.165, 1.54) is 6.08 Å². The van der Waals surface area contributed by atoms with Crippen LogP contribution in [0.4, 0.5) is 5.82 Å². The fraction of sp³-hybridized carbons (Fsp3) is 0.409. The zero-order valence-electron chi connectivity index (χ0n) is 17.3. The summed E-state index contributed by atoms with van der Waals surface area (Å²) < 4.78 is 1.90. The van der Waals surface area contributed by atoms with Crippen LogP contribution in [-0.4, -0.2) is 46.1 Å². The molecule has 3 N–H and O–H groups in total. The van der Waals surface area contributed by atoms with Crippen molar-refractivity contribution in [3.63, 3.8) is 0 Å². The van der Waals surface area contributed by atoms with Crippen LogP contribution in [0.2, 0.25) is 10.0 Å². The van der Waals surface area contributed by atoms with E-state index in [-0.39, 0.29) is 11.9 Å². The summed E-state index contributed by atoms with van der Waals surface area (Å²) in [6.45, 7) is 7.51. The summed E-state index contributed by atoms with van der Waals surface area (Å²) >= 11 is 12.7. The minimum Gasteiger partial charge on any atom is -0.370 e. The van der Waals surface area contributed by atoms with Crippen molar-refractivity contribution in [2.75, 3.05) is 25.0 Å². The lowest BCUT2D eigenvalue weighted by atomic mass is 9.87. The molecule has 1 atom stereocenters. The van der Waals surface area contributed by atoms with Crippen molar-refractivity contribution in [3.8, 4) is 11.3 Å². The number of rotatable bonds is 4. The van der Waals surface area contributed by atoms with E-state index in [1.54, 1.807) is 12.1 Å². The number of piperidine rings is 1. The van der Waals surface area contributed by atoms with Crippen molar-refractivity contribution >= 4 is 40.8 Å². The second-order valence-corrected chi connectivity index (χ2v) is 8.91. The van der Waals surface area contributed by atoms with Gasteiger partial charge in [0.1, 0.15) is 17.1 Å². The van der Waals surface area contributed by atoms with Gasteiger partial charge in [-0.25, -0.2) is 4.68 Å². The molecule has 1 fully saturated rings. The maximum absolute atomic E-state index is 12.4. The summed E-state index contributed by atoms with van der Waals surface area (Å²) in [6, 6.07) is 3.64. The summed E-state index contributed by atoms with van der Waals surface area (Å²) in [6.07, 6.45) is 3.97. The highest BCUT2D eigenvalue weighted by Crippen LogP contribution is 2.41. The Kier molecular flexibility index (Phi) is 5.99. The molecule has 9 heteroatoms. The third-order valence-electron chi connectivity index (χ3n) is 6.33. The number of aromatic nitrogens is 2. The van der Waals surface area contributed by atoms with Crippen molar-refractivity contribution in [3.05, 3.63) is 46.0 Å². The molecular weight excluding hydrogens is 437 g/mol. The van der Waals surface area contributed by atoms with E-state index in [1.807, 2.05) is 16.5 Å². The fourth-order valence-electron chi connectivity index (χ4n) is 4.59. The van der Waals surface area contributed by atoms with E-state index in [0.29, 0.717) is 51.7 Å². The summed E-state index contributed by atoms with van der Waals surface area (Å²) in [5.41, 5.74) is 8.02. The number of carbonyl (C=O) groups is 2. The first kappa shape index (κ1) is 21.7. The number of primary amides is 1. The summed E-state index contributed by atoms with van der Waals surface area (Å²) in [4.78, 5) is 26.1. The van der Waals surface area contributed by atoms with Gasteiger partial charge in [0.15, 0.2) is 0 Å². The van der Waals surface area contributed by atoms with Crippen LogP contribution in [-0.2, 0) is 4.79 Å². The number of amides is 2. The molecule has 2 aliphatic heterocycles. The third-order valence-corrected chi connectivity index (χ3v) is 7.11. The van der Waals surface area contributed by atoms with Gasteiger partial charge in [-0.2, -0.15) is 5.10 Å². The van der Waals surface area contributed by atoms with Gasteiger partial charge in [-0.05, 0) is 55.9 Å². The van der Waals surface area contributed by atoms with Crippen LogP contribution in [0, 0.1) is 12.8 Å². The van der Waals surface area contributed by atoms with Crippen molar-refractivity contribution in [2.45, 2.75) is 32.2 Å². The summed E-state index contributed by atoms with van der Waals surface area (Å²) in [7, 11) is 0.